The molecule has 0 aliphatic rings. The minimum absolute atomic E-state index is 0.233. The van der Waals surface area contributed by atoms with E-state index in [-0.39, 0.29) is 5.91 Å². The van der Waals surface area contributed by atoms with Gasteiger partial charge in [0.1, 0.15) is 5.58 Å². The van der Waals surface area contributed by atoms with Crippen LogP contribution in [-0.2, 0) is 6.54 Å². The van der Waals surface area contributed by atoms with Crippen molar-refractivity contribution in [2.24, 2.45) is 0 Å². The molecule has 0 unspecified atom stereocenters. The first-order valence-electron chi connectivity index (χ1n) is 6.65. The van der Waals surface area contributed by atoms with Crippen molar-refractivity contribution >= 4 is 28.5 Å². The molecule has 3 nitrogen and oxygen atoms in total. The van der Waals surface area contributed by atoms with E-state index >= 15 is 0 Å². The number of hydrogen-bond donors (Lipinski definition) is 1. The quantitative estimate of drug-likeness (QED) is 0.782. The molecule has 1 N–H and O–H groups in total. The van der Waals surface area contributed by atoms with E-state index in [0.29, 0.717) is 17.3 Å². The molecule has 0 saturated heterocycles. The topological polar surface area (TPSA) is 42.2 Å². The zero-order valence-electron chi connectivity index (χ0n) is 11.5. The van der Waals surface area contributed by atoms with Crippen molar-refractivity contribution in [1.82, 2.24) is 5.32 Å². The van der Waals surface area contributed by atoms with E-state index in [9.17, 15) is 4.79 Å². The van der Waals surface area contributed by atoms with Crippen molar-refractivity contribution in [3.05, 3.63) is 70.4 Å². The largest absolute Gasteiger partial charge is 0.451 e. The SMILES string of the molecule is Cc1ccc2cc(C(=O)NCc3cccc(Cl)c3)oc2c1. The average Bonchev–Trinajstić information content (AvgIpc) is 2.88. The third-order valence-corrected chi connectivity index (χ3v) is 3.48. The molecule has 2 aromatic carbocycles. The monoisotopic (exact) mass is 299 g/mol. The van der Waals surface area contributed by atoms with Crippen LogP contribution >= 0.6 is 11.6 Å². The van der Waals surface area contributed by atoms with Gasteiger partial charge in [-0.25, -0.2) is 0 Å². The molecule has 1 amide bonds. The van der Waals surface area contributed by atoms with Crippen molar-refractivity contribution in [3.63, 3.8) is 0 Å². The van der Waals surface area contributed by atoms with Crippen LogP contribution in [0.25, 0.3) is 11.0 Å². The third-order valence-electron chi connectivity index (χ3n) is 3.24. The maximum absolute atomic E-state index is 12.1. The van der Waals surface area contributed by atoms with Gasteiger partial charge in [-0.05, 0) is 42.3 Å². The molecule has 3 aromatic rings. The molecular weight excluding hydrogens is 286 g/mol. The first-order valence-corrected chi connectivity index (χ1v) is 7.02. The van der Waals surface area contributed by atoms with Gasteiger partial charge in [0.05, 0.1) is 0 Å². The van der Waals surface area contributed by atoms with E-state index < -0.39 is 0 Å². The Morgan fingerprint density at radius 2 is 2.05 bits per heavy atom. The summed E-state index contributed by atoms with van der Waals surface area (Å²) in [5.74, 6) is 0.0847. The zero-order chi connectivity index (χ0) is 14.8. The van der Waals surface area contributed by atoms with Gasteiger partial charge in [-0.2, -0.15) is 0 Å². The van der Waals surface area contributed by atoms with Crippen LogP contribution in [0.5, 0.6) is 0 Å². The zero-order valence-corrected chi connectivity index (χ0v) is 12.3. The highest BCUT2D eigenvalue weighted by Crippen LogP contribution is 2.20. The summed E-state index contributed by atoms with van der Waals surface area (Å²) in [5.41, 5.74) is 2.77. The first-order chi connectivity index (χ1) is 10.1. The third kappa shape index (κ3) is 3.09. The van der Waals surface area contributed by atoms with E-state index in [1.54, 1.807) is 12.1 Å². The highest BCUT2D eigenvalue weighted by molar-refractivity contribution is 6.30. The Hall–Kier alpha value is -2.26. The number of nitrogens with one attached hydrogen (secondary N) is 1. The number of hydrogen-bond acceptors (Lipinski definition) is 2. The molecule has 0 radical (unpaired) electrons. The number of furan rings is 1. The second kappa shape index (κ2) is 5.62. The standard InChI is InChI=1S/C17H14ClNO2/c1-11-5-6-13-9-16(21-15(13)7-11)17(20)19-10-12-3-2-4-14(18)8-12/h2-9H,10H2,1H3,(H,19,20). The predicted molar refractivity (Wildman–Crippen MR) is 83.6 cm³/mol. The highest BCUT2D eigenvalue weighted by atomic mass is 35.5. The Balaban J connectivity index is 1.74. The van der Waals surface area contributed by atoms with Crippen molar-refractivity contribution < 1.29 is 9.21 Å². The smallest absolute Gasteiger partial charge is 0.287 e. The number of amides is 1. The molecular formula is C17H14ClNO2. The van der Waals surface area contributed by atoms with Gasteiger partial charge < -0.3 is 9.73 Å². The molecule has 0 fully saturated rings. The fourth-order valence-electron chi connectivity index (χ4n) is 2.17. The molecule has 1 heterocycles. The summed E-state index contributed by atoms with van der Waals surface area (Å²) in [6.07, 6.45) is 0. The molecule has 21 heavy (non-hydrogen) atoms. The summed E-state index contributed by atoms with van der Waals surface area (Å²) < 4.78 is 5.58. The molecule has 0 aliphatic heterocycles. The second-order valence-corrected chi connectivity index (χ2v) is 5.40. The van der Waals surface area contributed by atoms with Crippen LogP contribution in [0, 0.1) is 6.92 Å². The number of carbonyl (C=O) groups excluding carboxylic acids is 1. The van der Waals surface area contributed by atoms with Gasteiger partial charge in [0.15, 0.2) is 5.76 Å². The van der Waals surface area contributed by atoms with Crippen molar-refractivity contribution in [2.75, 3.05) is 0 Å². The molecule has 0 spiro atoms. The number of benzene rings is 2. The lowest BCUT2D eigenvalue weighted by molar-refractivity contribution is 0.0925. The minimum Gasteiger partial charge on any atom is -0.451 e. The van der Waals surface area contributed by atoms with Crippen molar-refractivity contribution in [2.45, 2.75) is 13.5 Å². The van der Waals surface area contributed by atoms with Gasteiger partial charge in [0, 0.05) is 17.0 Å². The molecule has 3 rings (SSSR count). The predicted octanol–water partition coefficient (Wildman–Crippen LogP) is 4.32. The number of aryl methyl sites for hydroxylation is 1. The van der Waals surface area contributed by atoms with Gasteiger partial charge in [0.2, 0.25) is 0 Å². The Morgan fingerprint density at radius 3 is 2.86 bits per heavy atom. The summed E-state index contributed by atoms with van der Waals surface area (Å²) in [6, 6.07) is 15.0. The molecule has 0 bridgehead atoms. The van der Waals surface area contributed by atoms with E-state index in [4.69, 9.17) is 16.0 Å². The molecule has 0 atom stereocenters. The summed E-state index contributed by atoms with van der Waals surface area (Å²) >= 11 is 5.91. The van der Waals surface area contributed by atoms with Crippen LogP contribution < -0.4 is 5.32 Å². The number of halogens is 1. The first kappa shape index (κ1) is 13.7. The molecule has 106 valence electrons. The van der Waals surface area contributed by atoms with Crippen LogP contribution in [0.3, 0.4) is 0 Å². The van der Waals surface area contributed by atoms with Crippen molar-refractivity contribution in [3.8, 4) is 0 Å². The van der Waals surface area contributed by atoms with E-state index in [1.165, 1.54) is 0 Å². The lowest BCUT2D eigenvalue weighted by Crippen LogP contribution is -2.22. The fraction of sp³-hybridized carbons (Fsp3) is 0.118. The summed E-state index contributed by atoms with van der Waals surface area (Å²) in [6.45, 7) is 2.40. The van der Waals surface area contributed by atoms with Gasteiger partial charge in [-0.3, -0.25) is 4.79 Å². The van der Waals surface area contributed by atoms with Crippen LogP contribution in [0.2, 0.25) is 5.02 Å². The number of fused-ring (bicyclic) bond motifs is 1. The molecule has 0 saturated carbocycles. The minimum atomic E-state index is -0.233. The van der Waals surface area contributed by atoms with Gasteiger partial charge in [-0.15, -0.1) is 0 Å². The van der Waals surface area contributed by atoms with Crippen molar-refractivity contribution in [1.29, 1.82) is 0 Å². The van der Waals surface area contributed by atoms with Gasteiger partial charge in [0.25, 0.3) is 5.91 Å². The summed E-state index contributed by atoms with van der Waals surface area (Å²) in [5, 5.41) is 4.40. The summed E-state index contributed by atoms with van der Waals surface area (Å²) in [4.78, 5) is 12.1. The van der Waals surface area contributed by atoms with E-state index in [0.717, 1.165) is 22.1 Å². The average molecular weight is 300 g/mol. The van der Waals surface area contributed by atoms with Crippen LogP contribution in [-0.4, -0.2) is 5.91 Å². The highest BCUT2D eigenvalue weighted by Gasteiger charge is 2.12. The molecule has 4 heteroatoms. The van der Waals surface area contributed by atoms with Gasteiger partial charge >= 0.3 is 0 Å². The van der Waals surface area contributed by atoms with Gasteiger partial charge in [-0.1, -0.05) is 35.9 Å². The number of rotatable bonds is 3. The Kier molecular flexibility index (Phi) is 3.67. The maximum atomic E-state index is 12.1. The van der Waals surface area contributed by atoms with E-state index in [1.807, 2.05) is 43.3 Å². The Morgan fingerprint density at radius 1 is 1.19 bits per heavy atom. The molecule has 0 aliphatic carbocycles. The van der Waals surface area contributed by atoms with E-state index in [2.05, 4.69) is 5.32 Å². The van der Waals surface area contributed by atoms with Crippen LogP contribution in [0.4, 0.5) is 0 Å². The van der Waals surface area contributed by atoms with Crippen LogP contribution in [0.15, 0.2) is 52.9 Å². The maximum Gasteiger partial charge on any atom is 0.287 e. The fourth-order valence-corrected chi connectivity index (χ4v) is 2.38. The Bertz CT molecular complexity index is 807. The Labute approximate surface area is 127 Å². The number of carbonyl (C=O) groups is 1. The summed E-state index contributed by atoms with van der Waals surface area (Å²) in [7, 11) is 0. The second-order valence-electron chi connectivity index (χ2n) is 4.96. The van der Waals surface area contributed by atoms with Crippen LogP contribution in [0.1, 0.15) is 21.7 Å². The molecule has 1 aromatic heterocycles. The lowest BCUT2D eigenvalue weighted by Gasteiger charge is -2.03. The lowest BCUT2D eigenvalue weighted by atomic mass is 10.2. The normalized spacial score (nSPS) is 10.8.